The number of hydrogen-bond acceptors (Lipinski definition) is 6. The van der Waals surface area contributed by atoms with Crippen LogP contribution in [0.15, 0.2) is 85.1 Å². The maximum Gasteiger partial charge on any atom is 0.248 e. The zero-order valence-corrected chi connectivity index (χ0v) is 19.6. The van der Waals surface area contributed by atoms with E-state index in [1.165, 1.54) is 11.8 Å². The number of fused-ring (bicyclic) bond motifs is 1. The van der Waals surface area contributed by atoms with E-state index in [0.29, 0.717) is 5.95 Å². The lowest BCUT2D eigenvalue weighted by Crippen LogP contribution is -2.36. The number of para-hydroxylation sites is 1. The van der Waals surface area contributed by atoms with E-state index in [2.05, 4.69) is 32.7 Å². The van der Waals surface area contributed by atoms with Crippen LogP contribution in [0.5, 0.6) is 0 Å². The van der Waals surface area contributed by atoms with Crippen LogP contribution < -0.4 is 15.5 Å². The molecule has 1 fully saturated rings. The second-order valence-electron chi connectivity index (χ2n) is 8.28. The Labute approximate surface area is 204 Å². The van der Waals surface area contributed by atoms with Crippen LogP contribution in [-0.4, -0.2) is 42.2 Å². The maximum absolute atomic E-state index is 12.0. The fraction of sp³-hybridized carbons (Fsp3) is 0.179. The molecule has 35 heavy (non-hydrogen) atoms. The summed E-state index contributed by atoms with van der Waals surface area (Å²) in [4.78, 5) is 23.6. The third kappa shape index (κ3) is 5.31. The highest BCUT2D eigenvalue weighted by Gasteiger charge is 2.12. The molecule has 1 amide bonds. The van der Waals surface area contributed by atoms with Crippen LogP contribution >= 0.6 is 0 Å². The molecule has 5 rings (SSSR count). The van der Waals surface area contributed by atoms with Crippen LogP contribution in [0.3, 0.4) is 0 Å². The van der Waals surface area contributed by atoms with Gasteiger partial charge >= 0.3 is 0 Å². The van der Waals surface area contributed by atoms with Crippen molar-refractivity contribution < 1.29 is 9.53 Å². The number of nitrogens with zero attached hydrogens (tertiary/aromatic N) is 3. The Balaban J connectivity index is 1.40. The summed E-state index contributed by atoms with van der Waals surface area (Å²) in [5.41, 5.74) is 5.61. The highest BCUT2D eigenvalue weighted by atomic mass is 16.5. The molecule has 7 heteroatoms. The molecule has 4 aromatic rings. The zero-order valence-electron chi connectivity index (χ0n) is 19.6. The van der Waals surface area contributed by atoms with E-state index in [1.54, 1.807) is 6.08 Å². The molecular weight excluding hydrogens is 438 g/mol. The normalized spacial score (nSPS) is 13.8. The number of nitrogens with one attached hydrogen (secondary N) is 2. The SMILES string of the molecule is C/C=C\C(=O)Nc1cccc(-c2cccc3cnc(Nc4ccc(N5CCOCC5)cc4)nc23)c1. The van der Waals surface area contributed by atoms with E-state index in [-0.39, 0.29) is 5.91 Å². The van der Waals surface area contributed by atoms with Crippen molar-refractivity contribution in [3.63, 3.8) is 0 Å². The summed E-state index contributed by atoms with van der Waals surface area (Å²) in [6, 6.07) is 22.1. The van der Waals surface area contributed by atoms with E-state index in [1.807, 2.05) is 67.7 Å². The molecule has 176 valence electrons. The van der Waals surface area contributed by atoms with Crippen LogP contribution in [0.4, 0.5) is 23.0 Å². The summed E-state index contributed by atoms with van der Waals surface area (Å²) in [7, 11) is 0. The topological polar surface area (TPSA) is 79.4 Å². The summed E-state index contributed by atoms with van der Waals surface area (Å²) in [6.45, 7) is 5.15. The molecule has 1 aliphatic heterocycles. The number of morpholine rings is 1. The summed E-state index contributed by atoms with van der Waals surface area (Å²) in [5.74, 6) is 0.373. The molecule has 3 aromatic carbocycles. The lowest BCUT2D eigenvalue weighted by atomic mass is 10.0. The van der Waals surface area contributed by atoms with E-state index in [4.69, 9.17) is 9.72 Å². The number of carbonyl (C=O) groups excluding carboxylic acids is 1. The Bertz CT molecular complexity index is 1360. The second-order valence-corrected chi connectivity index (χ2v) is 8.28. The Morgan fingerprint density at radius 2 is 1.80 bits per heavy atom. The third-order valence-electron chi connectivity index (χ3n) is 5.87. The molecule has 1 aromatic heterocycles. The third-order valence-corrected chi connectivity index (χ3v) is 5.87. The van der Waals surface area contributed by atoms with Crippen LogP contribution in [0.25, 0.3) is 22.0 Å². The predicted molar refractivity (Wildman–Crippen MR) is 141 cm³/mol. The Kier molecular flexibility index (Phi) is 6.68. The van der Waals surface area contributed by atoms with Crippen molar-refractivity contribution in [1.29, 1.82) is 0 Å². The summed E-state index contributed by atoms with van der Waals surface area (Å²) in [6.07, 6.45) is 5.04. The van der Waals surface area contributed by atoms with Crippen LogP contribution in [0.1, 0.15) is 6.92 Å². The standard InChI is InChI=1S/C28H27N5O2/c1-2-5-26(34)30-23-8-3-6-20(18-23)25-9-4-7-21-19-29-28(32-27(21)25)31-22-10-12-24(13-11-22)33-14-16-35-17-15-33/h2-13,18-19H,14-17H2,1H3,(H,30,34)(H,29,31,32)/b5-2-. The van der Waals surface area contributed by atoms with Gasteiger partial charge in [-0.05, 0) is 55.0 Å². The first kappa shape index (κ1) is 22.6. The number of anilines is 4. The van der Waals surface area contributed by atoms with Crippen molar-refractivity contribution in [2.45, 2.75) is 6.92 Å². The van der Waals surface area contributed by atoms with E-state index >= 15 is 0 Å². The van der Waals surface area contributed by atoms with Crippen molar-refractivity contribution in [3.8, 4) is 11.1 Å². The average Bonchev–Trinajstić information content (AvgIpc) is 2.89. The van der Waals surface area contributed by atoms with Gasteiger partial charge in [0.05, 0.1) is 18.7 Å². The number of ether oxygens (including phenoxy) is 1. The molecule has 7 nitrogen and oxygen atoms in total. The number of rotatable bonds is 6. The molecule has 1 aliphatic rings. The van der Waals surface area contributed by atoms with E-state index < -0.39 is 0 Å². The minimum absolute atomic E-state index is 0.156. The Morgan fingerprint density at radius 1 is 1.00 bits per heavy atom. The highest BCUT2D eigenvalue weighted by Crippen LogP contribution is 2.30. The van der Waals surface area contributed by atoms with Crippen LogP contribution in [0, 0.1) is 0 Å². The lowest BCUT2D eigenvalue weighted by Gasteiger charge is -2.28. The smallest absolute Gasteiger partial charge is 0.248 e. The lowest BCUT2D eigenvalue weighted by molar-refractivity contribution is -0.111. The first-order valence-corrected chi connectivity index (χ1v) is 11.7. The van der Waals surface area contributed by atoms with Gasteiger partial charge in [0.25, 0.3) is 0 Å². The van der Waals surface area contributed by atoms with Gasteiger partial charge in [-0.1, -0.05) is 36.4 Å². The number of carbonyl (C=O) groups is 1. The van der Waals surface area contributed by atoms with Crippen molar-refractivity contribution in [1.82, 2.24) is 9.97 Å². The van der Waals surface area contributed by atoms with Crippen LogP contribution in [-0.2, 0) is 9.53 Å². The van der Waals surface area contributed by atoms with Gasteiger partial charge in [0.1, 0.15) is 0 Å². The Hall–Kier alpha value is -4.23. The first-order chi connectivity index (χ1) is 17.2. The number of amides is 1. The predicted octanol–water partition coefficient (Wildman–Crippen LogP) is 5.39. The number of benzene rings is 3. The number of hydrogen-bond donors (Lipinski definition) is 2. The number of aromatic nitrogens is 2. The molecule has 0 spiro atoms. The van der Waals surface area contributed by atoms with Crippen molar-refractivity contribution in [3.05, 3.63) is 85.1 Å². The zero-order chi connectivity index (χ0) is 24.0. The molecule has 2 N–H and O–H groups in total. The fourth-order valence-electron chi connectivity index (χ4n) is 4.15. The molecule has 0 bridgehead atoms. The van der Waals surface area contributed by atoms with Gasteiger partial charge in [-0.2, -0.15) is 0 Å². The second kappa shape index (κ2) is 10.4. The minimum atomic E-state index is -0.156. The molecule has 0 atom stereocenters. The van der Waals surface area contributed by atoms with Crippen molar-refractivity contribution in [2.24, 2.45) is 0 Å². The largest absolute Gasteiger partial charge is 0.378 e. The van der Waals surface area contributed by atoms with Gasteiger partial charge < -0.3 is 20.3 Å². The molecular formula is C28H27N5O2. The molecule has 0 saturated carbocycles. The fourth-order valence-corrected chi connectivity index (χ4v) is 4.15. The van der Waals surface area contributed by atoms with Gasteiger partial charge in [-0.25, -0.2) is 9.97 Å². The maximum atomic E-state index is 12.0. The monoisotopic (exact) mass is 465 g/mol. The van der Waals surface area contributed by atoms with Crippen LogP contribution in [0.2, 0.25) is 0 Å². The molecule has 0 aliphatic carbocycles. The summed E-state index contributed by atoms with van der Waals surface area (Å²) >= 11 is 0. The van der Waals surface area contributed by atoms with Crippen molar-refractivity contribution >= 4 is 39.8 Å². The first-order valence-electron chi connectivity index (χ1n) is 11.7. The average molecular weight is 466 g/mol. The summed E-state index contributed by atoms with van der Waals surface area (Å²) < 4.78 is 5.44. The molecule has 0 radical (unpaired) electrons. The Morgan fingerprint density at radius 3 is 2.60 bits per heavy atom. The van der Waals surface area contributed by atoms with Gasteiger partial charge in [0, 0.05) is 47.3 Å². The molecule has 2 heterocycles. The van der Waals surface area contributed by atoms with Gasteiger partial charge in [0.2, 0.25) is 11.9 Å². The van der Waals surface area contributed by atoms with E-state index in [0.717, 1.165) is 59.7 Å². The molecule has 1 saturated heterocycles. The number of allylic oxidation sites excluding steroid dienone is 1. The summed E-state index contributed by atoms with van der Waals surface area (Å²) in [5, 5.41) is 7.16. The minimum Gasteiger partial charge on any atom is -0.378 e. The quantitative estimate of drug-likeness (QED) is 0.372. The van der Waals surface area contributed by atoms with Crippen molar-refractivity contribution in [2.75, 3.05) is 41.8 Å². The highest BCUT2D eigenvalue weighted by molar-refractivity contribution is 6.00. The van der Waals surface area contributed by atoms with E-state index in [9.17, 15) is 4.79 Å². The van der Waals surface area contributed by atoms with Gasteiger partial charge in [-0.3, -0.25) is 4.79 Å². The molecule has 0 unspecified atom stereocenters. The van der Waals surface area contributed by atoms with Gasteiger partial charge in [0.15, 0.2) is 0 Å². The van der Waals surface area contributed by atoms with Gasteiger partial charge in [-0.15, -0.1) is 0 Å².